The molecule has 1 aromatic carbocycles. The van der Waals surface area contributed by atoms with Crippen molar-refractivity contribution in [2.24, 2.45) is 0 Å². The average molecular weight is 433 g/mol. The van der Waals surface area contributed by atoms with Crippen LogP contribution in [0.5, 0.6) is 0 Å². The number of carbonyl (C=O) groups excluding carboxylic acids is 3. The van der Waals surface area contributed by atoms with Crippen molar-refractivity contribution in [3.05, 3.63) is 12.1 Å². The molecule has 3 N–H and O–H groups in total. The summed E-state index contributed by atoms with van der Waals surface area (Å²) >= 11 is 0. The molecule has 1 aromatic rings. The molecule has 0 bridgehead atoms. The van der Waals surface area contributed by atoms with Gasteiger partial charge in [-0.15, -0.1) is 5.06 Å². The van der Waals surface area contributed by atoms with E-state index in [-0.39, 0.29) is 47.0 Å². The van der Waals surface area contributed by atoms with Crippen LogP contribution in [0.25, 0.3) is 0 Å². The van der Waals surface area contributed by atoms with Crippen LogP contribution in [0.3, 0.4) is 0 Å². The quantitative estimate of drug-likeness (QED) is 0.421. The van der Waals surface area contributed by atoms with Crippen molar-refractivity contribution in [2.45, 2.75) is 29.1 Å². The fraction of sp³-hybridized carbons (Fsp3) is 0.400. The topological polar surface area (TPSA) is 170 Å². The van der Waals surface area contributed by atoms with E-state index in [1.54, 1.807) is 0 Å². The van der Waals surface area contributed by atoms with Crippen molar-refractivity contribution >= 4 is 48.8 Å². The summed E-state index contributed by atoms with van der Waals surface area (Å²) in [5.41, 5.74) is 5.37. The van der Waals surface area contributed by atoms with Gasteiger partial charge in [-0.3, -0.25) is 9.59 Å². The van der Waals surface area contributed by atoms with Crippen molar-refractivity contribution < 1.29 is 36.1 Å². The third-order valence-corrected chi connectivity index (χ3v) is 6.04. The van der Waals surface area contributed by atoms with E-state index in [0.29, 0.717) is 5.06 Å². The summed E-state index contributed by atoms with van der Waals surface area (Å²) in [6.07, 6.45) is 1.44. The molecule has 1 heterocycles. The Hall–Kier alpha value is -2.67. The van der Waals surface area contributed by atoms with Gasteiger partial charge in [0.2, 0.25) is 0 Å². The van der Waals surface area contributed by atoms with Crippen molar-refractivity contribution in [3.63, 3.8) is 0 Å². The lowest BCUT2D eigenvalue weighted by Gasteiger charge is -2.15. The Labute approximate surface area is 161 Å². The van der Waals surface area contributed by atoms with Crippen molar-refractivity contribution in [3.8, 4) is 0 Å². The molecule has 0 saturated carbocycles. The van der Waals surface area contributed by atoms with Gasteiger partial charge in [0.15, 0.2) is 19.7 Å². The molecule has 28 heavy (non-hydrogen) atoms. The maximum atomic E-state index is 11.9. The third kappa shape index (κ3) is 4.98. The zero-order valence-corrected chi connectivity index (χ0v) is 16.7. The van der Waals surface area contributed by atoms with Crippen LogP contribution in [-0.2, 0) is 38.9 Å². The Bertz CT molecular complexity index is 1030. The van der Waals surface area contributed by atoms with Crippen molar-refractivity contribution in [1.82, 2.24) is 5.06 Å². The number of nitrogens with one attached hydrogen (secondary N) is 1. The Morgan fingerprint density at radius 3 is 2.11 bits per heavy atom. The number of nitrogens with zero attached hydrogens (tertiary/aromatic N) is 1. The highest BCUT2D eigenvalue weighted by Crippen LogP contribution is 2.30. The van der Waals surface area contributed by atoms with Crippen LogP contribution in [0.2, 0.25) is 0 Å². The van der Waals surface area contributed by atoms with Gasteiger partial charge in [-0.2, -0.15) is 0 Å². The molecule has 154 valence electrons. The Morgan fingerprint density at radius 2 is 1.61 bits per heavy atom. The highest BCUT2D eigenvalue weighted by atomic mass is 32.2. The highest BCUT2D eigenvalue weighted by molar-refractivity contribution is 7.91. The largest absolute Gasteiger partial charge is 0.398 e. The molecule has 11 nitrogen and oxygen atoms in total. The van der Waals surface area contributed by atoms with Crippen molar-refractivity contribution in [1.29, 1.82) is 0 Å². The second kappa shape index (κ2) is 7.75. The number of hydrogen-bond acceptors (Lipinski definition) is 10. The third-order valence-electron chi connectivity index (χ3n) is 3.75. The zero-order valence-electron chi connectivity index (χ0n) is 15.1. The fourth-order valence-corrected chi connectivity index (χ4v) is 4.14. The summed E-state index contributed by atoms with van der Waals surface area (Å²) in [6, 6.07) is 2.09. The lowest BCUT2D eigenvalue weighted by atomic mass is 10.2. The van der Waals surface area contributed by atoms with Gasteiger partial charge in [-0.25, -0.2) is 21.6 Å². The van der Waals surface area contributed by atoms with Gasteiger partial charge in [0.1, 0.15) is 0 Å². The lowest BCUT2D eigenvalue weighted by molar-refractivity contribution is -0.197. The number of hydrogen-bond donors (Lipinski definition) is 2. The van der Waals surface area contributed by atoms with Gasteiger partial charge < -0.3 is 15.9 Å². The smallest absolute Gasteiger partial charge is 0.334 e. The minimum absolute atomic E-state index is 0.0399. The molecule has 0 radical (unpaired) electrons. The predicted octanol–water partition coefficient (Wildman–Crippen LogP) is -0.515. The summed E-state index contributed by atoms with van der Waals surface area (Å²) in [5, 5.41) is 3.05. The van der Waals surface area contributed by atoms with Crippen LogP contribution in [0.1, 0.15) is 19.3 Å². The summed E-state index contributed by atoms with van der Waals surface area (Å²) in [5.74, 6) is -2.14. The normalized spacial score (nSPS) is 15.0. The van der Waals surface area contributed by atoms with Gasteiger partial charge >= 0.3 is 5.97 Å². The maximum absolute atomic E-state index is 11.9. The number of sulfone groups is 2. The summed E-state index contributed by atoms with van der Waals surface area (Å²) in [7, 11) is -7.47. The van der Waals surface area contributed by atoms with Crippen LogP contribution < -0.4 is 11.1 Å². The molecule has 1 fully saturated rings. The average Bonchev–Trinajstić information content (AvgIpc) is 2.85. The SMILES string of the molecule is CS(=O)(=O)c1cc(NCCC(=O)ON2C(=O)CCC2=O)c(S(C)(=O)=O)cc1N. The minimum atomic E-state index is -3.75. The second-order valence-corrected chi connectivity index (χ2v) is 10.1. The molecule has 1 saturated heterocycles. The van der Waals surface area contributed by atoms with E-state index in [1.165, 1.54) is 0 Å². The summed E-state index contributed by atoms with van der Waals surface area (Å²) in [4.78, 5) is 38.8. The maximum Gasteiger partial charge on any atom is 0.334 e. The molecule has 0 aliphatic carbocycles. The summed E-state index contributed by atoms with van der Waals surface area (Å²) < 4.78 is 47.5. The van der Waals surface area contributed by atoms with E-state index in [1.807, 2.05) is 0 Å². The Morgan fingerprint density at radius 1 is 1.07 bits per heavy atom. The first-order chi connectivity index (χ1) is 12.8. The zero-order chi connectivity index (χ0) is 21.3. The van der Waals surface area contributed by atoms with E-state index >= 15 is 0 Å². The van der Waals surface area contributed by atoms with Gasteiger partial charge in [0.05, 0.1) is 27.6 Å². The van der Waals surface area contributed by atoms with Crippen LogP contribution >= 0.6 is 0 Å². The van der Waals surface area contributed by atoms with Gasteiger partial charge in [0, 0.05) is 31.9 Å². The molecule has 0 unspecified atom stereocenters. The standard InChI is InChI=1S/C15H19N3O8S2/c1-27(22,23)11-8-10(12(7-9(11)16)28(2,24)25)17-6-5-15(21)26-18-13(19)3-4-14(18)20/h7-8,17H,3-6,16H2,1-2H3. The molecule has 2 amide bonds. The number of amides is 2. The number of imide groups is 1. The molecule has 2 rings (SSSR count). The minimum Gasteiger partial charge on any atom is -0.398 e. The van der Waals surface area contributed by atoms with E-state index in [4.69, 9.17) is 5.73 Å². The van der Waals surface area contributed by atoms with Crippen LogP contribution in [-0.4, -0.2) is 58.7 Å². The highest BCUT2D eigenvalue weighted by Gasteiger charge is 2.32. The molecule has 0 atom stereocenters. The van der Waals surface area contributed by atoms with E-state index < -0.39 is 37.5 Å². The van der Waals surface area contributed by atoms with E-state index in [2.05, 4.69) is 10.2 Å². The van der Waals surface area contributed by atoms with E-state index in [9.17, 15) is 31.2 Å². The summed E-state index contributed by atoms with van der Waals surface area (Å²) in [6.45, 7) is -0.148. The molecular formula is C15H19N3O8S2. The van der Waals surface area contributed by atoms with Gasteiger partial charge in [0.25, 0.3) is 11.8 Å². The number of hydroxylamine groups is 2. The Kier molecular flexibility index (Phi) is 5.99. The lowest BCUT2D eigenvalue weighted by Crippen LogP contribution is -2.32. The Balaban J connectivity index is 2.15. The molecule has 0 aromatic heterocycles. The molecule has 0 spiro atoms. The first-order valence-corrected chi connectivity index (χ1v) is 11.7. The number of anilines is 2. The molecule has 13 heteroatoms. The van der Waals surface area contributed by atoms with Gasteiger partial charge in [-0.05, 0) is 12.1 Å². The molecule has 1 aliphatic rings. The van der Waals surface area contributed by atoms with Crippen LogP contribution in [0, 0.1) is 0 Å². The fourth-order valence-electron chi connectivity index (χ4n) is 2.45. The number of nitrogen functional groups attached to an aromatic ring is 1. The number of carbonyl (C=O) groups is 3. The molecular weight excluding hydrogens is 414 g/mol. The number of rotatable bonds is 7. The van der Waals surface area contributed by atoms with Crippen molar-refractivity contribution in [2.75, 3.05) is 30.1 Å². The number of benzene rings is 1. The first kappa shape index (κ1) is 21.6. The molecule has 1 aliphatic heterocycles. The van der Waals surface area contributed by atoms with Gasteiger partial charge in [-0.1, -0.05) is 0 Å². The van der Waals surface area contributed by atoms with Crippen LogP contribution in [0.15, 0.2) is 21.9 Å². The first-order valence-electron chi connectivity index (χ1n) is 7.95. The van der Waals surface area contributed by atoms with Crippen LogP contribution in [0.4, 0.5) is 11.4 Å². The monoisotopic (exact) mass is 433 g/mol. The number of nitrogens with two attached hydrogens (primary N) is 1. The predicted molar refractivity (Wildman–Crippen MR) is 97.4 cm³/mol. The van der Waals surface area contributed by atoms with E-state index in [0.717, 1.165) is 24.6 Å². The second-order valence-electron chi connectivity index (χ2n) is 6.15.